The molecule has 5 heteroatoms. The lowest BCUT2D eigenvalue weighted by Gasteiger charge is -2.25. The van der Waals surface area contributed by atoms with Crippen LogP contribution in [0, 0.1) is 0 Å². The van der Waals surface area contributed by atoms with Crippen molar-refractivity contribution in [3.8, 4) is 11.5 Å². The first-order valence-corrected chi connectivity index (χ1v) is 6.62. The summed E-state index contributed by atoms with van der Waals surface area (Å²) in [5, 5.41) is 9.70. The second-order valence-corrected chi connectivity index (χ2v) is 5.24. The summed E-state index contributed by atoms with van der Waals surface area (Å²) in [6.07, 6.45) is 3.71. The normalized spacial score (nSPS) is 15.5. The van der Waals surface area contributed by atoms with Crippen molar-refractivity contribution >= 4 is 5.97 Å². The molecule has 0 amide bonds. The Kier molecular flexibility index (Phi) is 3.25. The molecule has 0 saturated carbocycles. The Morgan fingerprint density at radius 3 is 2.86 bits per heavy atom. The predicted octanol–water partition coefficient (Wildman–Crippen LogP) is 2.40. The average Bonchev–Trinajstić information content (AvgIpc) is 2.95. The first kappa shape index (κ1) is 13.4. The number of aromatic nitrogens is 1. The molecule has 5 nitrogen and oxygen atoms in total. The van der Waals surface area contributed by atoms with Crippen LogP contribution in [0.2, 0.25) is 0 Å². The molecule has 1 unspecified atom stereocenters. The lowest BCUT2D eigenvalue weighted by Crippen LogP contribution is -2.34. The van der Waals surface area contributed by atoms with Gasteiger partial charge in [0.25, 0.3) is 0 Å². The fourth-order valence-corrected chi connectivity index (χ4v) is 2.45. The van der Waals surface area contributed by atoms with E-state index in [4.69, 9.17) is 9.47 Å². The molecule has 0 spiro atoms. The zero-order valence-corrected chi connectivity index (χ0v) is 11.6. The van der Waals surface area contributed by atoms with Crippen molar-refractivity contribution in [2.45, 2.75) is 18.8 Å². The van der Waals surface area contributed by atoms with E-state index in [1.165, 1.54) is 0 Å². The third-order valence-electron chi connectivity index (χ3n) is 3.76. The van der Waals surface area contributed by atoms with E-state index in [0.717, 1.165) is 5.56 Å². The van der Waals surface area contributed by atoms with Crippen LogP contribution in [0.25, 0.3) is 0 Å². The smallest absolute Gasteiger partial charge is 0.314 e. The van der Waals surface area contributed by atoms with Crippen LogP contribution >= 0.6 is 0 Å². The fraction of sp³-hybridized carbons (Fsp3) is 0.250. The summed E-state index contributed by atoms with van der Waals surface area (Å²) in [6.45, 7) is 1.88. The Balaban J connectivity index is 1.99. The molecule has 0 bridgehead atoms. The van der Waals surface area contributed by atoms with E-state index in [9.17, 15) is 9.90 Å². The molecule has 2 aromatic rings. The van der Waals surface area contributed by atoms with Gasteiger partial charge in [-0.15, -0.1) is 0 Å². The Morgan fingerprint density at radius 2 is 2.14 bits per heavy atom. The number of aliphatic carboxylic acids is 1. The van der Waals surface area contributed by atoms with E-state index < -0.39 is 11.4 Å². The van der Waals surface area contributed by atoms with E-state index in [1.54, 1.807) is 43.6 Å². The van der Waals surface area contributed by atoms with E-state index in [2.05, 4.69) is 4.98 Å². The van der Waals surface area contributed by atoms with Crippen molar-refractivity contribution in [1.82, 2.24) is 4.98 Å². The molecular weight excluding hydrogens is 270 g/mol. The van der Waals surface area contributed by atoms with Gasteiger partial charge in [-0.2, -0.15) is 0 Å². The molecule has 1 atom stereocenters. The highest BCUT2D eigenvalue weighted by molar-refractivity contribution is 5.81. The van der Waals surface area contributed by atoms with Crippen molar-refractivity contribution in [3.05, 3.63) is 53.9 Å². The number of rotatable bonds is 4. The third-order valence-corrected chi connectivity index (χ3v) is 3.76. The lowest BCUT2D eigenvalue weighted by atomic mass is 9.77. The maximum atomic E-state index is 11.8. The van der Waals surface area contributed by atoms with Crippen molar-refractivity contribution in [1.29, 1.82) is 0 Å². The second-order valence-electron chi connectivity index (χ2n) is 5.24. The number of hydrogen-bond donors (Lipinski definition) is 1. The summed E-state index contributed by atoms with van der Waals surface area (Å²) < 4.78 is 10.6. The quantitative estimate of drug-likeness (QED) is 0.934. The monoisotopic (exact) mass is 285 g/mol. The summed E-state index contributed by atoms with van der Waals surface area (Å²) in [5.74, 6) is 0.351. The van der Waals surface area contributed by atoms with Gasteiger partial charge in [0, 0.05) is 12.4 Å². The molecular formula is C16H15NO4. The number of fused-ring (bicyclic) bond motifs is 1. The SMILES string of the molecule is CC(Cc1cccnc1)(C(=O)O)c1ccc2c(c1)OCO2. The van der Waals surface area contributed by atoms with Crippen LogP contribution in [0.5, 0.6) is 11.5 Å². The molecule has 0 saturated heterocycles. The van der Waals surface area contributed by atoms with Gasteiger partial charge < -0.3 is 14.6 Å². The number of pyridine rings is 1. The summed E-state index contributed by atoms with van der Waals surface area (Å²) in [5.41, 5.74) is 0.507. The highest BCUT2D eigenvalue weighted by Crippen LogP contribution is 2.37. The van der Waals surface area contributed by atoms with Crippen molar-refractivity contribution in [3.63, 3.8) is 0 Å². The molecule has 1 aliphatic heterocycles. The van der Waals surface area contributed by atoms with Gasteiger partial charge in [0.2, 0.25) is 6.79 Å². The maximum Gasteiger partial charge on any atom is 0.314 e. The molecule has 0 fully saturated rings. The van der Waals surface area contributed by atoms with E-state index in [1.807, 2.05) is 6.07 Å². The van der Waals surface area contributed by atoms with E-state index >= 15 is 0 Å². The zero-order chi connectivity index (χ0) is 14.9. The third kappa shape index (κ3) is 2.42. The van der Waals surface area contributed by atoms with Gasteiger partial charge in [-0.25, -0.2) is 0 Å². The molecule has 1 N–H and O–H groups in total. The molecule has 108 valence electrons. The number of benzene rings is 1. The van der Waals surface area contributed by atoms with Gasteiger partial charge in [-0.05, 0) is 42.7 Å². The number of hydrogen-bond acceptors (Lipinski definition) is 4. The molecule has 0 aliphatic carbocycles. The molecule has 21 heavy (non-hydrogen) atoms. The first-order chi connectivity index (χ1) is 10.1. The summed E-state index contributed by atoms with van der Waals surface area (Å²) in [7, 11) is 0. The van der Waals surface area contributed by atoms with Crippen LogP contribution < -0.4 is 9.47 Å². The number of carboxylic acid groups (broad SMARTS) is 1. The number of carboxylic acids is 1. The fourth-order valence-electron chi connectivity index (χ4n) is 2.45. The highest BCUT2D eigenvalue weighted by Gasteiger charge is 2.36. The van der Waals surface area contributed by atoms with Gasteiger partial charge in [0.05, 0.1) is 5.41 Å². The minimum Gasteiger partial charge on any atom is -0.481 e. The second kappa shape index (κ2) is 5.09. The number of ether oxygens (including phenoxy) is 2. The molecule has 1 aromatic heterocycles. The first-order valence-electron chi connectivity index (χ1n) is 6.62. The van der Waals surface area contributed by atoms with Crippen LogP contribution in [0.1, 0.15) is 18.1 Å². The number of carbonyl (C=O) groups is 1. The minimum atomic E-state index is -1.05. The number of nitrogens with zero attached hydrogens (tertiary/aromatic N) is 1. The van der Waals surface area contributed by atoms with Gasteiger partial charge in [-0.1, -0.05) is 12.1 Å². The Bertz CT molecular complexity index is 671. The molecule has 1 aromatic carbocycles. The van der Waals surface area contributed by atoms with Crippen LogP contribution in [-0.2, 0) is 16.6 Å². The van der Waals surface area contributed by atoms with Gasteiger partial charge in [-0.3, -0.25) is 9.78 Å². The minimum absolute atomic E-state index is 0.172. The van der Waals surface area contributed by atoms with Crippen LogP contribution in [0.3, 0.4) is 0 Å². The van der Waals surface area contributed by atoms with Crippen LogP contribution in [0.4, 0.5) is 0 Å². The van der Waals surface area contributed by atoms with Crippen LogP contribution in [-0.4, -0.2) is 22.9 Å². The van der Waals surface area contributed by atoms with Gasteiger partial charge >= 0.3 is 5.97 Å². The molecule has 3 rings (SSSR count). The average molecular weight is 285 g/mol. The Hall–Kier alpha value is -2.56. The highest BCUT2D eigenvalue weighted by atomic mass is 16.7. The summed E-state index contributed by atoms with van der Waals surface area (Å²) in [4.78, 5) is 15.9. The molecule has 1 aliphatic rings. The van der Waals surface area contributed by atoms with Crippen molar-refractivity contribution < 1.29 is 19.4 Å². The predicted molar refractivity (Wildman–Crippen MR) is 75.5 cm³/mol. The van der Waals surface area contributed by atoms with Crippen LogP contribution in [0.15, 0.2) is 42.7 Å². The molecule has 0 radical (unpaired) electrons. The summed E-state index contributed by atoms with van der Waals surface area (Å²) in [6, 6.07) is 8.95. The maximum absolute atomic E-state index is 11.8. The zero-order valence-electron chi connectivity index (χ0n) is 11.6. The standard InChI is InChI=1S/C16H15NO4/c1-16(15(18)19,8-11-3-2-6-17-9-11)12-4-5-13-14(7-12)21-10-20-13/h2-7,9H,8,10H2,1H3,(H,18,19). The Labute approximate surface area is 122 Å². The van der Waals surface area contributed by atoms with Crippen molar-refractivity contribution in [2.75, 3.05) is 6.79 Å². The Morgan fingerprint density at radius 1 is 1.33 bits per heavy atom. The van der Waals surface area contributed by atoms with E-state index in [-0.39, 0.29) is 6.79 Å². The summed E-state index contributed by atoms with van der Waals surface area (Å²) >= 11 is 0. The largest absolute Gasteiger partial charge is 0.481 e. The van der Waals surface area contributed by atoms with E-state index in [0.29, 0.717) is 23.5 Å². The van der Waals surface area contributed by atoms with Gasteiger partial charge in [0.1, 0.15) is 0 Å². The van der Waals surface area contributed by atoms with Gasteiger partial charge in [0.15, 0.2) is 11.5 Å². The molecule has 2 heterocycles. The van der Waals surface area contributed by atoms with Crippen molar-refractivity contribution in [2.24, 2.45) is 0 Å². The lowest BCUT2D eigenvalue weighted by molar-refractivity contribution is -0.143. The topological polar surface area (TPSA) is 68.7 Å².